The van der Waals surface area contributed by atoms with Gasteiger partial charge in [0, 0.05) is 0 Å². The molecule has 0 aliphatic rings. The molecule has 64 valence electrons. The Morgan fingerprint density at radius 2 is 2.42 bits per heavy atom. The van der Waals surface area contributed by atoms with Gasteiger partial charge in [-0.05, 0) is 0 Å². The molecule has 2 N–H and O–H groups in total. The van der Waals surface area contributed by atoms with Crippen molar-refractivity contribution in [3.8, 4) is 0 Å². The number of hydrogen-bond acceptors (Lipinski definition) is 5. The maximum absolute atomic E-state index is 10.8. The lowest BCUT2D eigenvalue weighted by Crippen LogP contribution is -2.15. The number of nitrogens with one attached hydrogen (secondary N) is 1. The second-order valence-electron chi connectivity index (χ2n) is 1.86. The monoisotopic (exact) mass is 187 g/mol. The first-order valence-corrected chi connectivity index (χ1v) is 3.84. The number of carboxylic acid groups (broad SMARTS) is 1. The highest BCUT2D eigenvalue weighted by atomic mass is 32.1. The van der Waals surface area contributed by atoms with E-state index in [0.29, 0.717) is 5.13 Å². The summed E-state index contributed by atoms with van der Waals surface area (Å²) < 4.78 is 0. The summed E-state index contributed by atoms with van der Waals surface area (Å²) in [5, 5.41) is 17.8. The molecule has 12 heavy (non-hydrogen) atoms. The zero-order chi connectivity index (χ0) is 8.97. The maximum Gasteiger partial charge on any atom is 0.312 e. The average Bonchev–Trinajstić information content (AvgIpc) is 2.37. The second-order valence-corrected chi connectivity index (χ2v) is 2.70. The van der Waals surface area contributed by atoms with Crippen LogP contribution in [0.15, 0.2) is 5.51 Å². The van der Waals surface area contributed by atoms with Crippen molar-refractivity contribution >= 4 is 28.3 Å². The number of amides is 1. The summed E-state index contributed by atoms with van der Waals surface area (Å²) in [7, 11) is 0. The molecule has 0 atom stereocenters. The summed E-state index contributed by atoms with van der Waals surface area (Å²) in [5.41, 5.74) is 1.44. The van der Waals surface area contributed by atoms with Crippen molar-refractivity contribution in [2.24, 2.45) is 0 Å². The van der Waals surface area contributed by atoms with Gasteiger partial charge in [0.1, 0.15) is 11.9 Å². The molecule has 1 rings (SSSR count). The van der Waals surface area contributed by atoms with Gasteiger partial charge in [0.2, 0.25) is 11.0 Å². The van der Waals surface area contributed by atoms with Gasteiger partial charge in [0.25, 0.3) is 0 Å². The van der Waals surface area contributed by atoms with E-state index in [0.717, 1.165) is 11.3 Å². The van der Waals surface area contributed by atoms with E-state index in [4.69, 9.17) is 5.11 Å². The molecule has 0 aliphatic carbocycles. The van der Waals surface area contributed by atoms with Gasteiger partial charge in [-0.25, -0.2) is 0 Å². The molecule has 6 nitrogen and oxygen atoms in total. The van der Waals surface area contributed by atoms with E-state index in [-0.39, 0.29) is 0 Å². The standard InChI is InChI=1S/C5H5N3O3S/c9-3(1-4(10)11)7-5-8-6-2-12-5/h2H,1H2,(H,10,11)(H,7,8,9). The molecule has 1 aromatic heterocycles. The van der Waals surface area contributed by atoms with Crippen LogP contribution in [0, 0.1) is 0 Å². The minimum atomic E-state index is -1.17. The molecule has 0 saturated carbocycles. The van der Waals surface area contributed by atoms with Crippen LogP contribution in [-0.2, 0) is 9.59 Å². The largest absolute Gasteiger partial charge is 0.481 e. The van der Waals surface area contributed by atoms with Crippen molar-refractivity contribution in [2.45, 2.75) is 6.42 Å². The SMILES string of the molecule is O=C(O)CC(=O)Nc1nncs1. The van der Waals surface area contributed by atoms with E-state index in [1.54, 1.807) is 0 Å². The summed E-state index contributed by atoms with van der Waals surface area (Å²) >= 11 is 1.13. The minimum absolute atomic E-state index is 0.307. The third kappa shape index (κ3) is 2.62. The van der Waals surface area contributed by atoms with E-state index in [9.17, 15) is 9.59 Å². The Balaban J connectivity index is 2.42. The number of aromatic nitrogens is 2. The van der Waals surface area contributed by atoms with Gasteiger partial charge in [0.05, 0.1) is 0 Å². The van der Waals surface area contributed by atoms with Crippen LogP contribution in [0.2, 0.25) is 0 Å². The normalized spacial score (nSPS) is 9.33. The number of carbonyl (C=O) groups is 2. The molecule has 0 unspecified atom stereocenters. The topological polar surface area (TPSA) is 92.2 Å². The lowest BCUT2D eigenvalue weighted by molar-refractivity contribution is -0.139. The van der Waals surface area contributed by atoms with Gasteiger partial charge in [-0.3, -0.25) is 9.59 Å². The highest BCUT2D eigenvalue weighted by Gasteiger charge is 2.08. The Labute approximate surface area is 71.2 Å². The molecule has 0 fully saturated rings. The molecule has 0 aliphatic heterocycles. The van der Waals surface area contributed by atoms with Crippen LogP contribution < -0.4 is 5.32 Å². The van der Waals surface area contributed by atoms with Gasteiger partial charge in [-0.2, -0.15) is 0 Å². The fraction of sp³-hybridized carbons (Fsp3) is 0.200. The van der Waals surface area contributed by atoms with Gasteiger partial charge in [0.15, 0.2) is 0 Å². The highest BCUT2D eigenvalue weighted by molar-refractivity contribution is 7.13. The third-order valence-electron chi connectivity index (χ3n) is 0.918. The lowest BCUT2D eigenvalue weighted by atomic mass is 10.4. The van der Waals surface area contributed by atoms with E-state index >= 15 is 0 Å². The predicted molar refractivity (Wildman–Crippen MR) is 40.8 cm³/mol. The number of anilines is 1. The second kappa shape index (κ2) is 3.77. The van der Waals surface area contributed by atoms with Crippen LogP contribution in [0.3, 0.4) is 0 Å². The summed E-state index contributed by atoms with van der Waals surface area (Å²) in [6, 6.07) is 0. The van der Waals surface area contributed by atoms with E-state index in [1.807, 2.05) is 0 Å². The van der Waals surface area contributed by atoms with Crippen LogP contribution >= 0.6 is 11.3 Å². The summed E-state index contributed by atoms with van der Waals surface area (Å²) in [6.07, 6.45) is -0.556. The Bertz CT molecular complexity index is 284. The molecule has 0 saturated heterocycles. The first-order chi connectivity index (χ1) is 5.68. The minimum Gasteiger partial charge on any atom is -0.481 e. The van der Waals surface area contributed by atoms with Crippen LogP contribution in [-0.4, -0.2) is 27.2 Å². The molecule has 1 heterocycles. The molecule has 7 heteroatoms. The fourth-order valence-corrected chi connectivity index (χ4v) is 0.990. The molecule has 0 spiro atoms. The number of rotatable bonds is 3. The Hall–Kier alpha value is -1.50. The van der Waals surface area contributed by atoms with Gasteiger partial charge in [-0.15, -0.1) is 10.2 Å². The molecule has 1 amide bonds. The average molecular weight is 187 g/mol. The van der Waals surface area contributed by atoms with Gasteiger partial charge in [-0.1, -0.05) is 11.3 Å². The third-order valence-corrected chi connectivity index (χ3v) is 1.52. The smallest absolute Gasteiger partial charge is 0.312 e. The van der Waals surface area contributed by atoms with E-state index in [1.165, 1.54) is 5.51 Å². The van der Waals surface area contributed by atoms with Crippen LogP contribution in [0.4, 0.5) is 5.13 Å². The first kappa shape index (κ1) is 8.60. The van der Waals surface area contributed by atoms with Crippen molar-refractivity contribution < 1.29 is 14.7 Å². The van der Waals surface area contributed by atoms with Crippen molar-refractivity contribution in [2.75, 3.05) is 5.32 Å². The Morgan fingerprint density at radius 3 is 2.92 bits per heavy atom. The van der Waals surface area contributed by atoms with Crippen LogP contribution in [0.25, 0.3) is 0 Å². The molecular weight excluding hydrogens is 182 g/mol. The summed E-state index contributed by atoms with van der Waals surface area (Å²) in [6.45, 7) is 0. The highest BCUT2D eigenvalue weighted by Crippen LogP contribution is 2.07. The molecule has 1 aromatic rings. The van der Waals surface area contributed by atoms with Crippen LogP contribution in [0.1, 0.15) is 6.42 Å². The number of hydrogen-bond donors (Lipinski definition) is 2. The number of nitrogens with zero attached hydrogens (tertiary/aromatic N) is 2. The first-order valence-electron chi connectivity index (χ1n) is 2.96. The van der Waals surface area contributed by atoms with E-state index < -0.39 is 18.3 Å². The van der Waals surface area contributed by atoms with Crippen molar-refractivity contribution in [3.63, 3.8) is 0 Å². The van der Waals surface area contributed by atoms with Crippen molar-refractivity contribution in [1.82, 2.24) is 10.2 Å². The Kier molecular flexibility index (Phi) is 2.70. The summed E-state index contributed by atoms with van der Waals surface area (Å²) in [5.74, 6) is -1.77. The lowest BCUT2D eigenvalue weighted by Gasteiger charge is -1.95. The van der Waals surface area contributed by atoms with Crippen LogP contribution in [0.5, 0.6) is 0 Å². The maximum atomic E-state index is 10.8. The quantitative estimate of drug-likeness (QED) is 0.647. The zero-order valence-corrected chi connectivity index (χ0v) is 6.67. The van der Waals surface area contributed by atoms with E-state index in [2.05, 4.69) is 15.5 Å². The van der Waals surface area contributed by atoms with Crippen molar-refractivity contribution in [3.05, 3.63) is 5.51 Å². The van der Waals surface area contributed by atoms with Gasteiger partial charge >= 0.3 is 5.97 Å². The molecule has 0 aromatic carbocycles. The number of aliphatic carboxylic acids is 1. The van der Waals surface area contributed by atoms with Gasteiger partial charge < -0.3 is 10.4 Å². The molecule has 0 radical (unpaired) electrons. The summed E-state index contributed by atoms with van der Waals surface area (Å²) in [4.78, 5) is 20.8. The zero-order valence-electron chi connectivity index (χ0n) is 5.85. The molecular formula is C5H5N3O3S. The van der Waals surface area contributed by atoms with Crippen molar-refractivity contribution in [1.29, 1.82) is 0 Å². The Morgan fingerprint density at radius 1 is 1.67 bits per heavy atom. The predicted octanol–water partition coefficient (Wildman–Crippen LogP) is -0.0487. The fourth-order valence-electron chi connectivity index (χ4n) is 0.528. The number of carbonyl (C=O) groups excluding carboxylic acids is 1. The number of carboxylic acids is 1. The molecule has 0 bridgehead atoms.